The number of nitrogens with zero attached hydrogens (tertiary/aromatic N) is 5. The molecule has 0 bridgehead atoms. The first kappa shape index (κ1) is 20.5. The molecule has 162 valence electrons. The second-order valence-electron chi connectivity index (χ2n) is 7.31. The largest absolute Gasteiger partial charge is 0.481 e. The highest BCUT2D eigenvalue weighted by Gasteiger charge is 2.21. The van der Waals surface area contributed by atoms with Gasteiger partial charge in [0.2, 0.25) is 5.88 Å². The van der Waals surface area contributed by atoms with Crippen molar-refractivity contribution >= 4 is 43.4 Å². The Labute approximate surface area is 189 Å². The van der Waals surface area contributed by atoms with E-state index < -0.39 is 9.84 Å². The van der Waals surface area contributed by atoms with E-state index in [1.807, 2.05) is 28.8 Å². The van der Waals surface area contributed by atoms with E-state index in [-0.39, 0.29) is 11.6 Å². The first-order chi connectivity index (χ1) is 15.3. The van der Waals surface area contributed by atoms with Crippen LogP contribution in [0.1, 0.15) is 5.82 Å². The minimum Gasteiger partial charge on any atom is -0.481 e. The van der Waals surface area contributed by atoms with Gasteiger partial charge in [0.15, 0.2) is 14.9 Å². The van der Waals surface area contributed by atoms with Crippen LogP contribution < -0.4 is 4.74 Å². The maximum atomic E-state index is 12.3. The molecule has 0 saturated carbocycles. The zero-order valence-electron chi connectivity index (χ0n) is 17.2. The van der Waals surface area contributed by atoms with Gasteiger partial charge in [0, 0.05) is 22.7 Å². The Morgan fingerprint density at radius 3 is 2.59 bits per heavy atom. The van der Waals surface area contributed by atoms with Crippen molar-refractivity contribution in [3.8, 4) is 11.6 Å². The number of imidazole rings is 1. The number of pyridine rings is 1. The number of halogens is 1. The van der Waals surface area contributed by atoms with E-state index in [1.165, 1.54) is 0 Å². The van der Waals surface area contributed by atoms with Gasteiger partial charge in [-0.05, 0) is 36.4 Å². The van der Waals surface area contributed by atoms with Gasteiger partial charge in [-0.1, -0.05) is 23.7 Å². The molecule has 3 heterocycles. The summed E-state index contributed by atoms with van der Waals surface area (Å²) in [6.45, 7) is 0.244. The maximum absolute atomic E-state index is 12.3. The van der Waals surface area contributed by atoms with Crippen molar-refractivity contribution in [1.29, 1.82) is 0 Å². The third-order valence-electron chi connectivity index (χ3n) is 5.14. The van der Waals surface area contributed by atoms with Crippen LogP contribution in [-0.4, -0.2) is 46.1 Å². The van der Waals surface area contributed by atoms with Gasteiger partial charge >= 0.3 is 0 Å². The summed E-state index contributed by atoms with van der Waals surface area (Å²) in [5, 5.41) is 5.62. The second kappa shape index (κ2) is 7.61. The van der Waals surface area contributed by atoms with Crippen LogP contribution in [0, 0.1) is 0 Å². The number of hydrogen-bond donors (Lipinski definition) is 0. The molecule has 2 aromatic carbocycles. The van der Waals surface area contributed by atoms with Crippen molar-refractivity contribution in [2.24, 2.45) is 0 Å². The summed E-state index contributed by atoms with van der Waals surface area (Å²) in [7, 11) is -1.94. The van der Waals surface area contributed by atoms with E-state index in [4.69, 9.17) is 21.3 Å². The Morgan fingerprint density at radius 2 is 1.88 bits per heavy atom. The summed E-state index contributed by atoms with van der Waals surface area (Å²) < 4.78 is 33.4. The normalized spacial score (nSPS) is 12.0. The molecule has 5 aromatic rings. The first-order valence-electron chi connectivity index (χ1n) is 9.68. The number of benzene rings is 2. The predicted octanol–water partition coefficient (Wildman–Crippen LogP) is 3.88. The Kier molecular flexibility index (Phi) is 4.87. The molecular formula is C22H18ClN5O3S. The lowest BCUT2D eigenvalue weighted by Crippen LogP contribution is -2.10. The molecule has 0 saturated heterocycles. The Bertz CT molecular complexity index is 1570. The summed E-state index contributed by atoms with van der Waals surface area (Å²) in [6.07, 6.45) is 2.85. The fourth-order valence-corrected chi connectivity index (χ4v) is 4.73. The Morgan fingerprint density at radius 1 is 1.06 bits per heavy atom. The molecule has 5 rings (SSSR count). The average Bonchev–Trinajstić information content (AvgIpc) is 3.32. The van der Waals surface area contributed by atoms with Crippen LogP contribution in [0.25, 0.3) is 27.6 Å². The van der Waals surface area contributed by atoms with E-state index in [2.05, 4.69) is 10.1 Å². The van der Waals surface area contributed by atoms with Crippen LogP contribution in [0.3, 0.4) is 0 Å². The minimum absolute atomic E-state index is 0.0462. The summed E-state index contributed by atoms with van der Waals surface area (Å²) in [6, 6.07) is 16.4. The van der Waals surface area contributed by atoms with Gasteiger partial charge in [0.1, 0.15) is 12.4 Å². The van der Waals surface area contributed by atoms with Crippen molar-refractivity contribution in [2.45, 2.75) is 11.6 Å². The number of fused-ring (bicyclic) bond motifs is 2. The number of aromatic nitrogens is 5. The van der Waals surface area contributed by atoms with Gasteiger partial charge in [-0.15, -0.1) is 0 Å². The van der Waals surface area contributed by atoms with Crippen molar-refractivity contribution in [2.75, 3.05) is 13.4 Å². The molecule has 0 atom stereocenters. The molecule has 10 heteroatoms. The molecule has 0 fully saturated rings. The molecule has 0 aliphatic carbocycles. The lowest BCUT2D eigenvalue weighted by atomic mass is 10.2. The quantitative estimate of drug-likeness (QED) is 0.389. The topological polar surface area (TPSA) is 91.9 Å². The molecule has 0 unspecified atom stereocenters. The van der Waals surface area contributed by atoms with Gasteiger partial charge in [-0.3, -0.25) is 9.25 Å². The molecule has 0 amide bonds. The zero-order chi connectivity index (χ0) is 22.5. The second-order valence-corrected chi connectivity index (χ2v) is 9.67. The highest BCUT2D eigenvalue weighted by molar-refractivity contribution is 7.90. The molecule has 0 spiro atoms. The van der Waals surface area contributed by atoms with Crippen molar-refractivity contribution in [1.82, 2.24) is 24.3 Å². The summed E-state index contributed by atoms with van der Waals surface area (Å²) >= 11 is 6.20. The van der Waals surface area contributed by atoms with Gasteiger partial charge in [-0.25, -0.2) is 18.4 Å². The molecule has 3 aromatic heterocycles. The monoisotopic (exact) mass is 467 g/mol. The van der Waals surface area contributed by atoms with E-state index in [9.17, 15) is 8.42 Å². The maximum Gasteiger partial charge on any atom is 0.213 e. The van der Waals surface area contributed by atoms with Crippen LogP contribution in [-0.2, 0) is 16.4 Å². The standard InChI is InChI=1S/C22H18ClN5O3S/c1-31-21-10-8-15(12-24-21)28-19-9-7-14(23)11-17(19)25-20(28)13-27-18-6-4-3-5-16(18)22(26-27)32(2,29)30/h3-12H,13H2,1-2H3. The Balaban J connectivity index is 1.72. The fraction of sp³-hybridized carbons (Fsp3) is 0.136. The van der Waals surface area contributed by atoms with Crippen LogP contribution in [0.15, 0.2) is 65.8 Å². The number of methoxy groups -OCH3 is 1. The highest BCUT2D eigenvalue weighted by atomic mass is 35.5. The summed E-state index contributed by atoms with van der Waals surface area (Å²) in [5.41, 5.74) is 3.04. The predicted molar refractivity (Wildman–Crippen MR) is 122 cm³/mol. The summed E-state index contributed by atoms with van der Waals surface area (Å²) in [5.74, 6) is 1.15. The SMILES string of the molecule is COc1ccc(-n2c(Cn3nc(S(C)(=O)=O)c4ccccc43)nc3cc(Cl)ccc32)cn1. The number of sulfone groups is 1. The van der Waals surface area contributed by atoms with Crippen LogP contribution in [0.4, 0.5) is 0 Å². The molecule has 32 heavy (non-hydrogen) atoms. The van der Waals surface area contributed by atoms with Crippen LogP contribution in [0.5, 0.6) is 5.88 Å². The third-order valence-corrected chi connectivity index (χ3v) is 6.38. The molecular weight excluding hydrogens is 450 g/mol. The number of ether oxygens (including phenoxy) is 1. The van der Waals surface area contributed by atoms with Crippen molar-refractivity contribution in [3.05, 3.63) is 71.6 Å². The zero-order valence-corrected chi connectivity index (χ0v) is 18.8. The molecule has 8 nitrogen and oxygen atoms in total. The molecule has 0 aliphatic rings. The minimum atomic E-state index is -3.50. The number of hydrogen-bond acceptors (Lipinski definition) is 6. The number of para-hydroxylation sites is 1. The van der Waals surface area contributed by atoms with Crippen LogP contribution in [0.2, 0.25) is 5.02 Å². The van der Waals surface area contributed by atoms with Gasteiger partial charge < -0.3 is 4.74 Å². The van der Waals surface area contributed by atoms with Crippen molar-refractivity contribution < 1.29 is 13.2 Å². The fourth-order valence-electron chi connectivity index (χ4n) is 3.75. The van der Waals surface area contributed by atoms with E-state index >= 15 is 0 Å². The van der Waals surface area contributed by atoms with E-state index in [0.717, 1.165) is 17.5 Å². The van der Waals surface area contributed by atoms with E-state index in [0.29, 0.717) is 33.1 Å². The molecule has 0 radical (unpaired) electrons. The molecule has 0 N–H and O–H groups in total. The lowest BCUT2D eigenvalue weighted by molar-refractivity contribution is 0.398. The van der Waals surface area contributed by atoms with Crippen LogP contribution >= 0.6 is 11.6 Å². The first-order valence-corrected chi connectivity index (χ1v) is 11.9. The van der Waals surface area contributed by atoms with Gasteiger partial charge in [0.25, 0.3) is 0 Å². The average molecular weight is 468 g/mol. The van der Waals surface area contributed by atoms with E-state index in [1.54, 1.807) is 48.3 Å². The van der Waals surface area contributed by atoms with Crippen molar-refractivity contribution in [3.63, 3.8) is 0 Å². The summed E-state index contributed by atoms with van der Waals surface area (Å²) in [4.78, 5) is 9.09. The smallest absolute Gasteiger partial charge is 0.213 e. The number of rotatable bonds is 5. The highest BCUT2D eigenvalue weighted by Crippen LogP contribution is 2.27. The molecule has 0 aliphatic heterocycles. The van der Waals surface area contributed by atoms with Gasteiger partial charge in [-0.2, -0.15) is 5.10 Å². The Hall–Kier alpha value is -3.43. The third kappa shape index (κ3) is 3.49. The lowest BCUT2D eigenvalue weighted by Gasteiger charge is -2.10. The van der Waals surface area contributed by atoms with Gasteiger partial charge in [0.05, 0.1) is 35.5 Å².